The first-order valence-corrected chi connectivity index (χ1v) is 10.6. The van der Waals surface area contributed by atoms with Crippen molar-refractivity contribution in [2.75, 3.05) is 16.0 Å². The van der Waals surface area contributed by atoms with Crippen molar-refractivity contribution in [2.45, 2.75) is 19.2 Å². The normalized spacial score (nSPS) is 16.1. The summed E-state index contributed by atoms with van der Waals surface area (Å²) in [5.74, 6) is 0.336. The summed E-state index contributed by atoms with van der Waals surface area (Å²) in [5.41, 5.74) is 5.34. The van der Waals surface area contributed by atoms with Crippen LogP contribution in [-0.4, -0.2) is 17.6 Å². The molecule has 146 valence electrons. The van der Waals surface area contributed by atoms with Crippen molar-refractivity contribution in [1.29, 1.82) is 0 Å². The second kappa shape index (κ2) is 8.13. The van der Waals surface area contributed by atoms with E-state index in [2.05, 4.69) is 17.4 Å². The molecule has 3 aromatic rings. The summed E-state index contributed by atoms with van der Waals surface area (Å²) in [5, 5.41) is 2.84. The Bertz CT molecular complexity index is 1070. The largest absolute Gasteiger partial charge is 0.322 e. The highest BCUT2D eigenvalue weighted by Gasteiger charge is 2.36. The van der Waals surface area contributed by atoms with E-state index in [4.69, 9.17) is 0 Å². The zero-order chi connectivity index (χ0) is 20.4. The molecule has 3 aromatic carbocycles. The molecule has 0 unspecified atom stereocenters. The number of nitrogens with zero attached hydrogens (tertiary/aromatic N) is 1. The maximum absolute atomic E-state index is 12.8. The zero-order valence-electron chi connectivity index (χ0n) is 16.4. The lowest BCUT2D eigenvalue weighted by atomic mass is 10.1. The fourth-order valence-corrected chi connectivity index (χ4v) is 4.71. The van der Waals surface area contributed by atoms with Gasteiger partial charge < -0.3 is 5.32 Å². The SMILES string of the molecule is Cc1ccc(C)c(N2C(=O)CS[C@@H]2c2ccccc2NC(=O)c2ccccc2)c1. The van der Waals surface area contributed by atoms with Crippen LogP contribution in [0.15, 0.2) is 72.8 Å². The van der Waals surface area contributed by atoms with E-state index in [0.29, 0.717) is 11.3 Å². The molecular formula is C24H22N2O2S. The van der Waals surface area contributed by atoms with Crippen molar-refractivity contribution in [3.8, 4) is 0 Å². The Morgan fingerprint density at radius 3 is 2.52 bits per heavy atom. The molecule has 0 bridgehead atoms. The summed E-state index contributed by atoms with van der Waals surface area (Å²) in [6.07, 6.45) is 0. The summed E-state index contributed by atoms with van der Waals surface area (Å²) in [7, 11) is 0. The van der Waals surface area contributed by atoms with Crippen LogP contribution in [0.4, 0.5) is 11.4 Å². The van der Waals surface area contributed by atoms with E-state index >= 15 is 0 Å². The molecule has 1 N–H and O–H groups in total. The summed E-state index contributed by atoms with van der Waals surface area (Å²) in [6.45, 7) is 4.05. The standard InChI is InChI=1S/C24H22N2O2S/c1-16-12-13-17(2)21(14-16)26-22(27)15-29-24(26)19-10-6-7-11-20(19)25-23(28)18-8-4-3-5-9-18/h3-14,24H,15H2,1-2H3,(H,25,28)/t24-/m1/s1. The molecular weight excluding hydrogens is 380 g/mol. The number of rotatable bonds is 4. The van der Waals surface area contributed by atoms with E-state index in [1.807, 2.05) is 67.3 Å². The van der Waals surface area contributed by atoms with E-state index in [-0.39, 0.29) is 17.2 Å². The van der Waals surface area contributed by atoms with E-state index in [9.17, 15) is 9.59 Å². The summed E-state index contributed by atoms with van der Waals surface area (Å²) in [6, 6.07) is 23.0. The van der Waals surface area contributed by atoms with Gasteiger partial charge in [-0.25, -0.2) is 0 Å². The van der Waals surface area contributed by atoms with Gasteiger partial charge in [0.1, 0.15) is 5.37 Å². The van der Waals surface area contributed by atoms with Crippen molar-refractivity contribution in [2.24, 2.45) is 0 Å². The Morgan fingerprint density at radius 1 is 1.00 bits per heavy atom. The van der Waals surface area contributed by atoms with Gasteiger partial charge in [0.15, 0.2) is 0 Å². The highest BCUT2D eigenvalue weighted by Crippen LogP contribution is 2.45. The molecule has 1 aliphatic heterocycles. The zero-order valence-corrected chi connectivity index (χ0v) is 17.2. The second-order valence-corrected chi connectivity index (χ2v) is 8.19. The third kappa shape index (κ3) is 3.91. The molecule has 1 saturated heterocycles. The first kappa shape index (κ1) is 19.3. The van der Waals surface area contributed by atoms with Gasteiger partial charge in [-0.2, -0.15) is 0 Å². The average molecular weight is 403 g/mol. The molecule has 1 fully saturated rings. The number of benzene rings is 3. The van der Waals surface area contributed by atoms with Gasteiger partial charge in [0, 0.05) is 22.5 Å². The minimum absolute atomic E-state index is 0.0814. The monoisotopic (exact) mass is 402 g/mol. The molecule has 1 atom stereocenters. The first-order valence-electron chi connectivity index (χ1n) is 9.51. The highest BCUT2D eigenvalue weighted by molar-refractivity contribution is 8.00. The van der Waals surface area contributed by atoms with E-state index < -0.39 is 0 Å². The topological polar surface area (TPSA) is 49.4 Å². The third-order valence-electron chi connectivity index (χ3n) is 5.00. The van der Waals surface area contributed by atoms with Crippen LogP contribution in [0.1, 0.15) is 32.4 Å². The molecule has 1 heterocycles. The Balaban J connectivity index is 1.70. The smallest absolute Gasteiger partial charge is 0.255 e. The number of hydrogen-bond acceptors (Lipinski definition) is 3. The van der Waals surface area contributed by atoms with Gasteiger partial charge in [0.25, 0.3) is 5.91 Å². The second-order valence-electron chi connectivity index (χ2n) is 7.12. The summed E-state index contributed by atoms with van der Waals surface area (Å²) in [4.78, 5) is 27.4. The minimum Gasteiger partial charge on any atom is -0.322 e. The van der Waals surface area contributed by atoms with Crippen molar-refractivity contribution in [1.82, 2.24) is 0 Å². The van der Waals surface area contributed by atoms with Crippen molar-refractivity contribution >= 4 is 35.0 Å². The lowest BCUT2D eigenvalue weighted by Gasteiger charge is -2.27. The Morgan fingerprint density at radius 2 is 1.72 bits per heavy atom. The van der Waals surface area contributed by atoms with Gasteiger partial charge in [0.2, 0.25) is 5.91 Å². The molecule has 0 saturated carbocycles. The maximum Gasteiger partial charge on any atom is 0.255 e. The van der Waals surface area contributed by atoms with Gasteiger partial charge in [-0.3, -0.25) is 14.5 Å². The quantitative estimate of drug-likeness (QED) is 0.641. The van der Waals surface area contributed by atoms with Crippen LogP contribution in [0.25, 0.3) is 0 Å². The average Bonchev–Trinajstić information content (AvgIpc) is 3.12. The number of anilines is 2. The molecule has 0 aliphatic carbocycles. The Hall–Kier alpha value is -3.05. The van der Waals surface area contributed by atoms with E-state index in [1.54, 1.807) is 23.9 Å². The summed E-state index contributed by atoms with van der Waals surface area (Å²) < 4.78 is 0. The first-order chi connectivity index (χ1) is 14.0. The predicted octanol–water partition coefficient (Wildman–Crippen LogP) is 5.33. The minimum atomic E-state index is -0.185. The van der Waals surface area contributed by atoms with E-state index in [0.717, 1.165) is 28.1 Å². The Labute approximate surface area is 174 Å². The fraction of sp³-hybridized carbons (Fsp3) is 0.167. The van der Waals surface area contributed by atoms with Crippen molar-refractivity contribution in [3.63, 3.8) is 0 Å². The van der Waals surface area contributed by atoms with Crippen LogP contribution in [0, 0.1) is 13.8 Å². The molecule has 5 heteroatoms. The summed E-state index contributed by atoms with van der Waals surface area (Å²) >= 11 is 1.58. The van der Waals surface area contributed by atoms with Crippen LogP contribution >= 0.6 is 11.8 Å². The molecule has 2 amide bonds. The van der Waals surface area contributed by atoms with Crippen LogP contribution in [0.5, 0.6) is 0 Å². The van der Waals surface area contributed by atoms with Gasteiger partial charge >= 0.3 is 0 Å². The van der Waals surface area contributed by atoms with E-state index in [1.165, 1.54) is 0 Å². The maximum atomic E-state index is 12.8. The fourth-order valence-electron chi connectivity index (χ4n) is 3.50. The number of para-hydroxylation sites is 1. The number of aryl methyl sites for hydroxylation is 2. The van der Waals surface area contributed by atoms with Gasteiger partial charge in [-0.05, 0) is 49.2 Å². The van der Waals surface area contributed by atoms with Gasteiger partial charge in [-0.15, -0.1) is 11.8 Å². The molecule has 29 heavy (non-hydrogen) atoms. The number of carbonyl (C=O) groups is 2. The van der Waals surface area contributed by atoms with Crippen molar-refractivity contribution in [3.05, 3.63) is 95.1 Å². The number of carbonyl (C=O) groups excluding carboxylic acids is 2. The van der Waals surface area contributed by atoms with Crippen LogP contribution in [0.2, 0.25) is 0 Å². The van der Waals surface area contributed by atoms with Crippen LogP contribution < -0.4 is 10.2 Å². The van der Waals surface area contributed by atoms with Crippen LogP contribution in [-0.2, 0) is 4.79 Å². The van der Waals surface area contributed by atoms with Crippen molar-refractivity contribution < 1.29 is 9.59 Å². The highest BCUT2D eigenvalue weighted by atomic mass is 32.2. The molecule has 0 radical (unpaired) electrons. The number of thioether (sulfide) groups is 1. The molecule has 0 aromatic heterocycles. The molecule has 4 rings (SSSR count). The third-order valence-corrected chi connectivity index (χ3v) is 6.20. The van der Waals surface area contributed by atoms with Gasteiger partial charge in [0.05, 0.1) is 5.75 Å². The lowest BCUT2D eigenvalue weighted by Crippen LogP contribution is -2.29. The number of hydrogen-bond donors (Lipinski definition) is 1. The molecule has 1 aliphatic rings. The molecule has 0 spiro atoms. The predicted molar refractivity (Wildman–Crippen MR) is 119 cm³/mol. The lowest BCUT2D eigenvalue weighted by molar-refractivity contribution is -0.115. The number of amides is 2. The molecule has 4 nitrogen and oxygen atoms in total. The Kier molecular flexibility index (Phi) is 5.41. The van der Waals surface area contributed by atoms with Crippen LogP contribution in [0.3, 0.4) is 0 Å². The van der Waals surface area contributed by atoms with Gasteiger partial charge in [-0.1, -0.05) is 48.5 Å². The number of nitrogens with one attached hydrogen (secondary N) is 1.